The molecular weight excluding hydrogens is 206 g/mol. The van der Waals surface area contributed by atoms with E-state index in [1.54, 1.807) is 11.3 Å². The van der Waals surface area contributed by atoms with Crippen molar-refractivity contribution in [1.82, 2.24) is 9.55 Å². The maximum atomic E-state index is 4.29. The quantitative estimate of drug-likeness (QED) is 0.841. The van der Waals surface area contributed by atoms with E-state index in [2.05, 4.69) is 39.3 Å². The summed E-state index contributed by atoms with van der Waals surface area (Å²) in [6.45, 7) is 4.05. The van der Waals surface area contributed by atoms with E-state index < -0.39 is 0 Å². The average molecular weight is 221 g/mol. The van der Waals surface area contributed by atoms with Gasteiger partial charge < -0.3 is 9.88 Å². The second-order valence-electron chi connectivity index (χ2n) is 3.38. The summed E-state index contributed by atoms with van der Waals surface area (Å²) in [6.07, 6.45) is 4.98. The molecule has 0 aromatic carbocycles. The average Bonchev–Trinajstić information content (AvgIpc) is 2.85. The van der Waals surface area contributed by atoms with Crippen LogP contribution in [0, 0.1) is 0 Å². The molecule has 1 N–H and O–H groups in total. The minimum atomic E-state index is 0.860. The van der Waals surface area contributed by atoms with Gasteiger partial charge in [-0.1, -0.05) is 13.0 Å². The van der Waals surface area contributed by atoms with E-state index in [1.807, 2.05) is 12.4 Å². The van der Waals surface area contributed by atoms with Crippen LogP contribution < -0.4 is 5.32 Å². The SMILES string of the molecule is CCCn1ccnc1NCc1cccs1. The predicted octanol–water partition coefficient (Wildman–Crippen LogP) is 2.97. The first-order valence-corrected chi connectivity index (χ1v) is 6.05. The monoisotopic (exact) mass is 221 g/mol. The van der Waals surface area contributed by atoms with Crippen LogP contribution in [0.25, 0.3) is 0 Å². The van der Waals surface area contributed by atoms with Crippen LogP contribution >= 0.6 is 11.3 Å². The van der Waals surface area contributed by atoms with E-state index in [9.17, 15) is 0 Å². The molecule has 0 aliphatic heterocycles. The van der Waals surface area contributed by atoms with Crippen LogP contribution in [0.3, 0.4) is 0 Å². The normalized spacial score (nSPS) is 10.5. The topological polar surface area (TPSA) is 29.9 Å². The predicted molar refractivity (Wildman–Crippen MR) is 64.2 cm³/mol. The second-order valence-corrected chi connectivity index (χ2v) is 4.41. The molecule has 0 atom stereocenters. The Morgan fingerprint density at radius 1 is 1.53 bits per heavy atom. The zero-order chi connectivity index (χ0) is 10.5. The lowest BCUT2D eigenvalue weighted by molar-refractivity contribution is 0.682. The Bertz CT molecular complexity index is 392. The Balaban J connectivity index is 1.95. The van der Waals surface area contributed by atoms with E-state index in [1.165, 1.54) is 4.88 Å². The number of hydrogen-bond donors (Lipinski definition) is 1. The number of aryl methyl sites for hydroxylation is 1. The molecule has 0 aliphatic carbocycles. The number of rotatable bonds is 5. The summed E-state index contributed by atoms with van der Waals surface area (Å²) in [5, 5.41) is 5.44. The summed E-state index contributed by atoms with van der Waals surface area (Å²) in [5.74, 6) is 0.963. The van der Waals surface area contributed by atoms with Gasteiger partial charge in [0.1, 0.15) is 0 Å². The Hall–Kier alpha value is -1.29. The molecule has 2 aromatic rings. The lowest BCUT2D eigenvalue weighted by Crippen LogP contribution is -2.06. The van der Waals surface area contributed by atoms with Crippen molar-refractivity contribution in [2.45, 2.75) is 26.4 Å². The first kappa shape index (κ1) is 10.2. The van der Waals surface area contributed by atoms with Crippen molar-refractivity contribution >= 4 is 17.3 Å². The molecule has 0 aliphatic rings. The van der Waals surface area contributed by atoms with Gasteiger partial charge in [-0.25, -0.2) is 4.98 Å². The largest absolute Gasteiger partial charge is 0.351 e. The fourth-order valence-electron chi connectivity index (χ4n) is 1.48. The Morgan fingerprint density at radius 3 is 3.20 bits per heavy atom. The van der Waals surface area contributed by atoms with Crippen molar-refractivity contribution in [2.75, 3.05) is 5.32 Å². The van der Waals surface area contributed by atoms with E-state index in [0.717, 1.165) is 25.5 Å². The van der Waals surface area contributed by atoms with Gasteiger partial charge >= 0.3 is 0 Å². The van der Waals surface area contributed by atoms with Gasteiger partial charge in [0.2, 0.25) is 5.95 Å². The summed E-state index contributed by atoms with van der Waals surface area (Å²) >= 11 is 1.76. The molecule has 2 aromatic heterocycles. The van der Waals surface area contributed by atoms with Gasteiger partial charge in [0.15, 0.2) is 0 Å². The molecule has 4 heteroatoms. The Kier molecular flexibility index (Phi) is 3.40. The van der Waals surface area contributed by atoms with Crippen molar-refractivity contribution in [3.05, 3.63) is 34.8 Å². The van der Waals surface area contributed by atoms with Crippen LogP contribution in [-0.2, 0) is 13.1 Å². The summed E-state index contributed by atoms with van der Waals surface area (Å²) in [6, 6.07) is 4.20. The first-order valence-electron chi connectivity index (χ1n) is 5.17. The molecule has 0 spiro atoms. The standard InChI is InChI=1S/C11H15N3S/c1-2-6-14-7-5-12-11(14)13-9-10-4-3-8-15-10/h3-5,7-8H,2,6,9H2,1H3,(H,12,13). The molecule has 0 bridgehead atoms. The Labute approximate surface area is 93.8 Å². The third kappa shape index (κ3) is 2.59. The van der Waals surface area contributed by atoms with Crippen LogP contribution in [0.15, 0.2) is 29.9 Å². The highest BCUT2D eigenvalue weighted by atomic mass is 32.1. The van der Waals surface area contributed by atoms with E-state index in [-0.39, 0.29) is 0 Å². The minimum absolute atomic E-state index is 0.860. The van der Waals surface area contributed by atoms with Crippen LogP contribution in [-0.4, -0.2) is 9.55 Å². The van der Waals surface area contributed by atoms with Gasteiger partial charge in [-0.05, 0) is 17.9 Å². The van der Waals surface area contributed by atoms with Gasteiger partial charge in [0.05, 0.1) is 6.54 Å². The van der Waals surface area contributed by atoms with Crippen molar-refractivity contribution in [2.24, 2.45) is 0 Å². The third-order valence-corrected chi connectivity index (χ3v) is 3.06. The third-order valence-electron chi connectivity index (χ3n) is 2.18. The van der Waals surface area contributed by atoms with Gasteiger partial charge in [-0.15, -0.1) is 11.3 Å². The van der Waals surface area contributed by atoms with Crippen LogP contribution in [0.5, 0.6) is 0 Å². The number of imidazole rings is 1. The van der Waals surface area contributed by atoms with Gasteiger partial charge in [-0.3, -0.25) is 0 Å². The lowest BCUT2D eigenvalue weighted by atomic mass is 10.4. The highest BCUT2D eigenvalue weighted by Crippen LogP contribution is 2.12. The van der Waals surface area contributed by atoms with Crippen LogP contribution in [0.1, 0.15) is 18.2 Å². The fourth-order valence-corrected chi connectivity index (χ4v) is 2.12. The van der Waals surface area contributed by atoms with E-state index in [4.69, 9.17) is 0 Å². The maximum absolute atomic E-state index is 4.29. The molecule has 0 amide bonds. The van der Waals surface area contributed by atoms with E-state index >= 15 is 0 Å². The van der Waals surface area contributed by atoms with Crippen LogP contribution in [0.4, 0.5) is 5.95 Å². The molecular formula is C11H15N3S. The lowest BCUT2D eigenvalue weighted by Gasteiger charge is -2.07. The van der Waals surface area contributed by atoms with Gasteiger partial charge in [0, 0.05) is 23.8 Å². The molecule has 0 fully saturated rings. The second kappa shape index (κ2) is 4.98. The van der Waals surface area contributed by atoms with E-state index in [0.29, 0.717) is 0 Å². The number of anilines is 1. The summed E-state index contributed by atoms with van der Waals surface area (Å²) in [5.41, 5.74) is 0. The van der Waals surface area contributed by atoms with Crippen molar-refractivity contribution in [3.63, 3.8) is 0 Å². The molecule has 15 heavy (non-hydrogen) atoms. The fraction of sp³-hybridized carbons (Fsp3) is 0.364. The molecule has 0 saturated heterocycles. The smallest absolute Gasteiger partial charge is 0.203 e. The summed E-state index contributed by atoms with van der Waals surface area (Å²) < 4.78 is 2.15. The molecule has 0 saturated carbocycles. The number of thiophene rings is 1. The minimum Gasteiger partial charge on any atom is -0.351 e. The summed E-state index contributed by atoms with van der Waals surface area (Å²) in [4.78, 5) is 5.63. The maximum Gasteiger partial charge on any atom is 0.203 e. The highest BCUT2D eigenvalue weighted by Gasteiger charge is 2.01. The molecule has 80 valence electrons. The first-order chi connectivity index (χ1) is 7.40. The van der Waals surface area contributed by atoms with Gasteiger partial charge in [0.25, 0.3) is 0 Å². The molecule has 0 radical (unpaired) electrons. The molecule has 2 rings (SSSR count). The Morgan fingerprint density at radius 2 is 2.47 bits per heavy atom. The molecule has 2 heterocycles. The van der Waals surface area contributed by atoms with Gasteiger partial charge in [-0.2, -0.15) is 0 Å². The number of nitrogens with one attached hydrogen (secondary N) is 1. The number of hydrogen-bond acceptors (Lipinski definition) is 3. The zero-order valence-corrected chi connectivity index (χ0v) is 9.63. The molecule has 3 nitrogen and oxygen atoms in total. The van der Waals surface area contributed by atoms with Crippen molar-refractivity contribution in [3.8, 4) is 0 Å². The van der Waals surface area contributed by atoms with Crippen LogP contribution in [0.2, 0.25) is 0 Å². The summed E-state index contributed by atoms with van der Waals surface area (Å²) in [7, 11) is 0. The number of aromatic nitrogens is 2. The van der Waals surface area contributed by atoms with Crippen molar-refractivity contribution < 1.29 is 0 Å². The number of nitrogens with zero attached hydrogens (tertiary/aromatic N) is 2. The van der Waals surface area contributed by atoms with Crippen molar-refractivity contribution in [1.29, 1.82) is 0 Å². The highest BCUT2D eigenvalue weighted by molar-refractivity contribution is 7.09. The molecule has 0 unspecified atom stereocenters. The zero-order valence-electron chi connectivity index (χ0n) is 8.81.